The molecule has 3 aliphatic rings. The van der Waals surface area contributed by atoms with Crippen molar-refractivity contribution in [2.24, 2.45) is 17.8 Å². The minimum Gasteiger partial charge on any atom is -0.338 e. The molecule has 29 heavy (non-hydrogen) atoms. The predicted molar refractivity (Wildman–Crippen MR) is 115 cm³/mol. The fourth-order valence-electron chi connectivity index (χ4n) is 5.40. The number of hydrogen-bond acceptors (Lipinski definition) is 3. The standard InChI is InChI=1S/C24H29FN2OS/c25-22-5-3-17(4-6-22)18-7-10-26(11-8-18)13-21-14-27(15-23(21)19-1-2-19)24(28)20-9-12-29-16-20/h3-6,9,12,16,18-19,21,23H,1-2,7-8,10-11,13-15H2/t21-,23+/m1/s1. The van der Waals surface area contributed by atoms with Gasteiger partial charge >= 0.3 is 0 Å². The molecule has 0 bridgehead atoms. The lowest BCUT2D eigenvalue weighted by Gasteiger charge is -2.34. The number of carbonyl (C=O) groups is 1. The van der Waals surface area contributed by atoms with Gasteiger partial charge in [-0.2, -0.15) is 11.3 Å². The summed E-state index contributed by atoms with van der Waals surface area (Å²) in [5.74, 6) is 2.72. The van der Waals surface area contributed by atoms with Crippen molar-refractivity contribution in [2.75, 3.05) is 32.7 Å². The van der Waals surface area contributed by atoms with Gasteiger partial charge in [-0.1, -0.05) is 12.1 Å². The van der Waals surface area contributed by atoms with Gasteiger partial charge in [-0.3, -0.25) is 4.79 Å². The molecule has 0 spiro atoms. The van der Waals surface area contributed by atoms with E-state index in [0.717, 1.165) is 57.0 Å². The van der Waals surface area contributed by atoms with Crippen LogP contribution in [0, 0.1) is 23.6 Å². The molecular weight excluding hydrogens is 383 g/mol. The Morgan fingerprint density at radius 3 is 2.45 bits per heavy atom. The number of piperidine rings is 1. The van der Waals surface area contributed by atoms with Gasteiger partial charge in [0.05, 0.1) is 5.56 Å². The number of amides is 1. The zero-order valence-corrected chi connectivity index (χ0v) is 17.6. The summed E-state index contributed by atoms with van der Waals surface area (Å²) in [6.45, 7) is 5.18. The molecule has 3 heterocycles. The summed E-state index contributed by atoms with van der Waals surface area (Å²) in [4.78, 5) is 17.6. The third-order valence-electron chi connectivity index (χ3n) is 7.20. The van der Waals surface area contributed by atoms with Gasteiger partial charge < -0.3 is 9.80 Å². The molecule has 3 fully saturated rings. The van der Waals surface area contributed by atoms with E-state index in [1.54, 1.807) is 23.5 Å². The van der Waals surface area contributed by atoms with Crippen LogP contribution in [0.15, 0.2) is 41.1 Å². The van der Waals surface area contributed by atoms with Crippen molar-refractivity contribution in [1.82, 2.24) is 9.80 Å². The zero-order valence-electron chi connectivity index (χ0n) is 16.8. The topological polar surface area (TPSA) is 23.6 Å². The van der Waals surface area contributed by atoms with Gasteiger partial charge in [0.15, 0.2) is 0 Å². The molecule has 2 saturated heterocycles. The second kappa shape index (κ2) is 8.19. The van der Waals surface area contributed by atoms with Crippen molar-refractivity contribution >= 4 is 17.2 Å². The van der Waals surface area contributed by atoms with Gasteiger partial charge in [0.25, 0.3) is 5.91 Å². The van der Waals surface area contributed by atoms with E-state index in [4.69, 9.17) is 0 Å². The third-order valence-corrected chi connectivity index (χ3v) is 7.88. The molecule has 0 radical (unpaired) electrons. The Kier molecular flexibility index (Phi) is 5.44. The van der Waals surface area contributed by atoms with Crippen LogP contribution in [0.4, 0.5) is 4.39 Å². The van der Waals surface area contributed by atoms with E-state index in [9.17, 15) is 9.18 Å². The molecule has 3 nitrogen and oxygen atoms in total. The first-order valence-electron chi connectivity index (χ1n) is 11.0. The monoisotopic (exact) mass is 412 g/mol. The lowest BCUT2D eigenvalue weighted by Crippen LogP contribution is -2.39. The fourth-order valence-corrected chi connectivity index (χ4v) is 6.03. The van der Waals surface area contributed by atoms with Gasteiger partial charge in [-0.05, 0) is 91.6 Å². The number of benzene rings is 1. The molecule has 0 unspecified atom stereocenters. The van der Waals surface area contributed by atoms with Crippen molar-refractivity contribution in [3.05, 3.63) is 58.0 Å². The lowest BCUT2D eigenvalue weighted by molar-refractivity contribution is 0.0780. The zero-order chi connectivity index (χ0) is 19.8. The first kappa shape index (κ1) is 19.3. The summed E-state index contributed by atoms with van der Waals surface area (Å²) in [6, 6.07) is 9.01. The van der Waals surface area contributed by atoms with E-state index in [1.807, 2.05) is 29.0 Å². The van der Waals surface area contributed by atoms with E-state index in [2.05, 4.69) is 9.80 Å². The van der Waals surface area contributed by atoms with Crippen molar-refractivity contribution in [1.29, 1.82) is 0 Å². The van der Waals surface area contributed by atoms with Crippen LogP contribution in [0.3, 0.4) is 0 Å². The average Bonchev–Trinajstić information content (AvgIpc) is 3.26. The minimum absolute atomic E-state index is 0.153. The molecule has 5 rings (SSSR count). The Labute approximate surface area is 176 Å². The Balaban J connectivity index is 1.18. The highest BCUT2D eigenvalue weighted by Crippen LogP contribution is 2.44. The van der Waals surface area contributed by atoms with Crippen LogP contribution < -0.4 is 0 Å². The quantitative estimate of drug-likeness (QED) is 0.700. The molecule has 5 heteroatoms. The summed E-state index contributed by atoms with van der Waals surface area (Å²) in [7, 11) is 0. The van der Waals surface area contributed by atoms with E-state index in [-0.39, 0.29) is 11.7 Å². The molecule has 1 aliphatic carbocycles. The Bertz CT molecular complexity index is 825. The van der Waals surface area contributed by atoms with Crippen molar-refractivity contribution in [2.45, 2.75) is 31.6 Å². The second-order valence-corrected chi connectivity index (χ2v) is 9.89. The molecule has 1 amide bonds. The lowest BCUT2D eigenvalue weighted by atomic mass is 9.87. The summed E-state index contributed by atoms with van der Waals surface area (Å²) in [5, 5.41) is 3.96. The summed E-state index contributed by atoms with van der Waals surface area (Å²) in [5.41, 5.74) is 2.13. The summed E-state index contributed by atoms with van der Waals surface area (Å²) in [6.07, 6.45) is 4.97. The first-order chi connectivity index (χ1) is 14.2. The third kappa shape index (κ3) is 4.26. The normalized spacial score (nSPS) is 26.2. The number of likely N-dealkylation sites (tertiary alicyclic amines) is 2. The van der Waals surface area contributed by atoms with Crippen LogP contribution in [-0.2, 0) is 0 Å². The maximum Gasteiger partial charge on any atom is 0.254 e. The maximum absolute atomic E-state index is 13.2. The molecule has 1 saturated carbocycles. The molecule has 2 aromatic rings. The Morgan fingerprint density at radius 1 is 1.03 bits per heavy atom. The molecule has 154 valence electrons. The van der Waals surface area contributed by atoms with Crippen LogP contribution in [0.2, 0.25) is 0 Å². The highest BCUT2D eigenvalue weighted by Gasteiger charge is 2.44. The minimum atomic E-state index is -0.153. The number of nitrogens with zero attached hydrogens (tertiary/aromatic N) is 2. The van der Waals surface area contributed by atoms with Crippen LogP contribution in [0.5, 0.6) is 0 Å². The highest BCUT2D eigenvalue weighted by molar-refractivity contribution is 7.08. The number of rotatable bonds is 5. The SMILES string of the molecule is O=C(c1ccsc1)N1C[C@@H](CN2CCC(c3ccc(F)cc3)CC2)[C@H](C2CC2)C1. The number of carbonyl (C=O) groups excluding carboxylic acids is 1. The number of hydrogen-bond donors (Lipinski definition) is 0. The number of thiophene rings is 1. The highest BCUT2D eigenvalue weighted by atomic mass is 32.1. The van der Waals surface area contributed by atoms with Crippen LogP contribution >= 0.6 is 11.3 Å². The van der Waals surface area contributed by atoms with E-state index in [0.29, 0.717) is 17.8 Å². The van der Waals surface area contributed by atoms with Gasteiger partial charge in [0.1, 0.15) is 5.82 Å². The second-order valence-electron chi connectivity index (χ2n) is 9.11. The van der Waals surface area contributed by atoms with E-state index >= 15 is 0 Å². The van der Waals surface area contributed by atoms with Crippen LogP contribution in [0.1, 0.15) is 47.5 Å². The van der Waals surface area contributed by atoms with Crippen molar-refractivity contribution in [3.63, 3.8) is 0 Å². The van der Waals surface area contributed by atoms with Crippen LogP contribution in [0.25, 0.3) is 0 Å². The van der Waals surface area contributed by atoms with Gasteiger partial charge in [0, 0.05) is 25.0 Å². The number of halogens is 1. The fraction of sp³-hybridized carbons (Fsp3) is 0.542. The average molecular weight is 413 g/mol. The van der Waals surface area contributed by atoms with E-state index in [1.165, 1.54) is 18.4 Å². The maximum atomic E-state index is 13.2. The smallest absolute Gasteiger partial charge is 0.254 e. The van der Waals surface area contributed by atoms with Gasteiger partial charge in [-0.25, -0.2) is 4.39 Å². The Hall–Kier alpha value is -1.72. The molecular formula is C24H29FN2OS. The van der Waals surface area contributed by atoms with E-state index < -0.39 is 0 Å². The van der Waals surface area contributed by atoms with Gasteiger partial charge in [0.2, 0.25) is 0 Å². The first-order valence-corrected chi connectivity index (χ1v) is 11.9. The summed E-state index contributed by atoms with van der Waals surface area (Å²) < 4.78 is 13.2. The summed E-state index contributed by atoms with van der Waals surface area (Å²) >= 11 is 1.60. The molecule has 0 N–H and O–H groups in total. The van der Waals surface area contributed by atoms with Crippen molar-refractivity contribution < 1.29 is 9.18 Å². The van der Waals surface area contributed by atoms with Gasteiger partial charge in [-0.15, -0.1) is 0 Å². The molecule has 2 aliphatic heterocycles. The predicted octanol–water partition coefficient (Wildman–Crippen LogP) is 4.87. The Morgan fingerprint density at radius 2 is 1.79 bits per heavy atom. The molecule has 2 atom stereocenters. The largest absolute Gasteiger partial charge is 0.338 e. The van der Waals surface area contributed by atoms with Crippen LogP contribution in [-0.4, -0.2) is 48.4 Å². The van der Waals surface area contributed by atoms with Crippen molar-refractivity contribution in [3.8, 4) is 0 Å². The molecule has 1 aromatic heterocycles. The molecule has 1 aromatic carbocycles.